The summed E-state index contributed by atoms with van der Waals surface area (Å²) in [7, 11) is 0. The van der Waals surface area contributed by atoms with Crippen molar-refractivity contribution in [3.63, 3.8) is 0 Å². The number of amides is 3. The molecule has 1 saturated heterocycles. The largest absolute Gasteiger partial charge is 0.459 e. The Labute approximate surface area is 191 Å². The van der Waals surface area contributed by atoms with E-state index in [1.54, 1.807) is 37.3 Å². The lowest BCUT2D eigenvalue weighted by Crippen LogP contribution is -2.41. The second-order valence-electron chi connectivity index (χ2n) is 7.70. The summed E-state index contributed by atoms with van der Waals surface area (Å²) in [5.74, 6) is -1.32. The van der Waals surface area contributed by atoms with Gasteiger partial charge >= 0.3 is 17.6 Å². The van der Waals surface area contributed by atoms with Gasteiger partial charge in [0.15, 0.2) is 0 Å². The van der Waals surface area contributed by atoms with E-state index in [1.807, 2.05) is 19.1 Å². The van der Waals surface area contributed by atoms with Crippen LogP contribution in [0, 0.1) is 6.92 Å². The summed E-state index contributed by atoms with van der Waals surface area (Å²) in [5, 5.41) is 3.27. The van der Waals surface area contributed by atoms with E-state index in [4.69, 9.17) is 9.15 Å². The van der Waals surface area contributed by atoms with E-state index in [0.29, 0.717) is 22.1 Å². The summed E-state index contributed by atoms with van der Waals surface area (Å²) in [6.45, 7) is 2.76. The third-order valence-corrected chi connectivity index (χ3v) is 5.87. The van der Waals surface area contributed by atoms with Gasteiger partial charge in [-0.15, -0.1) is 0 Å². The fourth-order valence-electron chi connectivity index (χ4n) is 3.58. The van der Waals surface area contributed by atoms with Crippen molar-refractivity contribution in [3.8, 4) is 0 Å². The summed E-state index contributed by atoms with van der Waals surface area (Å²) in [6, 6.07) is 12.9. The Hall–Kier alpha value is -3.46. The maximum atomic E-state index is 13.0. The van der Waals surface area contributed by atoms with E-state index in [9.17, 15) is 19.2 Å². The van der Waals surface area contributed by atoms with Crippen molar-refractivity contribution in [3.05, 3.63) is 80.1 Å². The van der Waals surface area contributed by atoms with Crippen molar-refractivity contribution >= 4 is 44.8 Å². The molecule has 1 atom stereocenters. The van der Waals surface area contributed by atoms with E-state index in [2.05, 4.69) is 21.2 Å². The Balaban J connectivity index is 1.47. The van der Waals surface area contributed by atoms with Gasteiger partial charge in [-0.05, 0) is 37.6 Å². The summed E-state index contributed by atoms with van der Waals surface area (Å²) >= 11 is 3.31. The van der Waals surface area contributed by atoms with Crippen LogP contribution in [0.4, 0.5) is 4.79 Å². The highest BCUT2D eigenvalue weighted by Gasteiger charge is 2.49. The number of urea groups is 1. The Morgan fingerprint density at radius 2 is 1.84 bits per heavy atom. The highest BCUT2D eigenvalue weighted by atomic mass is 79.9. The number of hydrogen-bond donors (Lipinski definition) is 1. The first kappa shape index (κ1) is 21.8. The van der Waals surface area contributed by atoms with Gasteiger partial charge < -0.3 is 14.5 Å². The summed E-state index contributed by atoms with van der Waals surface area (Å²) < 4.78 is 11.2. The number of ether oxygens (including phenoxy) is 1. The standard InChI is InChI=1S/C23H19BrN2O6/c1-13-3-5-15(6-4-13)23(2)21(29)26(22(30)25-23)11-20(28)31-12-14-9-19(27)32-18-10-16(24)7-8-17(14)18/h3-10H,11-12H2,1-2H3,(H,25,30)/t23-/m1/s1. The number of fused-ring (bicyclic) bond motifs is 1. The maximum Gasteiger partial charge on any atom is 0.336 e. The lowest BCUT2D eigenvalue weighted by atomic mass is 9.91. The molecule has 3 aromatic rings. The molecular weight excluding hydrogens is 480 g/mol. The molecule has 4 rings (SSSR count). The molecule has 32 heavy (non-hydrogen) atoms. The Kier molecular flexibility index (Phi) is 5.60. The van der Waals surface area contributed by atoms with Crippen LogP contribution in [0.2, 0.25) is 0 Å². The second-order valence-corrected chi connectivity index (χ2v) is 8.62. The Morgan fingerprint density at radius 3 is 2.56 bits per heavy atom. The molecule has 0 radical (unpaired) electrons. The first-order chi connectivity index (χ1) is 15.2. The number of carbonyl (C=O) groups excluding carboxylic acids is 3. The smallest absolute Gasteiger partial charge is 0.336 e. The van der Waals surface area contributed by atoms with Crippen molar-refractivity contribution < 1.29 is 23.5 Å². The molecule has 1 N–H and O–H groups in total. The molecule has 0 unspecified atom stereocenters. The first-order valence-corrected chi connectivity index (χ1v) is 10.6. The van der Waals surface area contributed by atoms with Gasteiger partial charge in [0.1, 0.15) is 24.3 Å². The van der Waals surface area contributed by atoms with Gasteiger partial charge in [0.05, 0.1) is 0 Å². The minimum Gasteiger partial charge on any atom is -0.459 e. The Bertz CT molecular complexity index is 1300. The van der Waals surface area contributed by atoms with E-state index in [-0.39, 0.29) is 6.61 Å². The fraction of sp³-hybridized carbons (Fsp3) is 0.217. The number of rotatable bonds is 5. The van der Waals surface area contributed by atoms with Gasteiger partial charge in [-0.1, -0.05) is 45.8 Å². The first-order valence-electron chi connectivity index (χ1n) is 9.76. The van der Waals surface area contributed by atoms with Gasteiger partial charge in [-0.3, -0.25) is 14.5 Å². The molecule has 1 aliphatic rings. The molecular formula is C23H19BrN2O6. The minimum atomic E-state index is -1.27. The average Bonchev–Trinajstić information content (AvgIpc) is 2.95. The normalized spacial score (nSPS) is 18.2. The number of esters is 1. The number of nitrogens with one attached hydrogen (secondary N) is 1. The molecule has 2 aromatic carbocycles. The molecule has 0 aliphatic carbocycles. The van der Waals surface area contributed by atoms with Crippen molar-refractivity contribution in [2.75, 3.05) is 6.54 Å². The molecule has 3 amide bonds. The molecule has 2 heterocycles. The molecule has 1 aliphatic heterocycles. The number of benzene rings is 2. The van der Waals surface area contributed by atoms with Gasteiger partial charge in [0, 0.05) is 21.5 Å². The van der Waals surface area contributed by atoms with E-state index < -0.39 is 35.6 Å². The van der Waals surface area contributed by atoms with Crippen molar-refractivity contribution in [1.29, 1.82) is 0 Å². The predicted molar refractivity (Wildman–Crippen MR) is 119 cm³/mol. The molecule has 0 saturated carbocycles. The van der Waals surface area contributed by atoms with E-state index >= 15 is 0 Å². The molecule has 1 fully saturated rings. The lowest BCUT2D eigenvalue weighted by Gasteiger charge is -2.22. The van der Waals surface area contributed by atoms with E-state index in [0.717, 1.165) is 14.9 Å². The highest BCUT2D eigenvalue weighted by Crippen LogP contribution is 2.29. The second kappa shape index (κ2) is 8.23. The quantitative estimate of drug-likeness (QED) is 0.328. The summed E-state index contributed by atoms with van der Waals surface area (Å²) in [5.41, 5.74) is 0.590. The highest BCUT2D eigenvalue weighted by molar-refractivity contribution is 9.10. The van der Waals surface area contributed by atoms with E-state index in [1.165, 1.54) is 6.07 Å². The molecule has 1 aromatic heterocycles. The minimum absolute atomic E-state index is 0.207. The zero-order chi connectivity index (χ0) is 23.0. The van der Waals surface area contributed by atoms with Gasteiger partial charge in [-0.2, -0.15) is 0 Å². The van der Waals surface area contributed by atoms with Crippen LogP contribution >= 0.6 is 15.9 Å². The molecule has 9 heteroatoms. The number of aryl methyl sites for hydroxylation is 1. The zero-order valence-electron chi connectivity index (χ0n) is 17.3. The SMILES string of the molecule is Cc1ccc([C@@]2(C)NC(=O)N(CC(=O)OCc3cc(=O)oc4cc(Br)ccc34)C2=O)cc1. The third kappa shape index (κ3) is 4.03. The van der Waals surface area contributed by atoms with Crippen molar-refractivity contribution in [2.45, 2.75) is 26.0 Å². The van der Waals surface area contributed by atoms with Crippen LogP contribution in [-0.4, -0.2) is 29.4 Å². The molecule has 0 spiro atoms. The molecule has 164 valence electrons. The molecule has 8 nitrogen and oxygen atoms in total. The van der Waals surface area contributed by atoms with Crippen LogP contribution in [-0.2, 0) is 26.5 Å². The number of carbonyl (C=O) groups is 3. The topological polar surface area (TPSA) is 106 Å². The Morgan fingerprint density at radius 1 is 1.12 bits per heavy atom. The maximum absolute atomic E-state index is 13.0. The third-order valence-electron chi connectivity index (χ3n) is 5.37. The number of nitrogens with zero attached hydrogens (tertiary/aromatic N) is 1. The number of hydrogen-bond acceptors (Lipinski definition) is 6. The monoisotopic (exact) mass is 498 g/mol. The van der Waals surface area contributed by atoms with Crippen LogP contribution in [0.5, 0.6) is 0 Å². The van der Waals surface area contributed by atoms with Crippen molar-refractivity contribution in [1.82, 2.24) is 10.2 Å². The average molecular weight is 499 g/mol. The fourth-order valence-corrected chi connectivity index (χ4v) is 3.92. The lowest BCUT2D eigenvalue weighted by molar-refractivity contribution is -0.148. The van der Waals surface area contributed by atoms with Crippen LogP contribution in [0.15, 0.2) is 62.2 Å². The van der Waals surface area contributed by atoms with Crippen LogP contribution in [0.1, 0.15) is 23.6 Å². The van der Waals surface area contributed by atoms with Crippen LogP contribution in [0.3, 0.4) is 0 Å². The van der Waals surface area contributed by atoms with Crippen molar-refractivity contribution in [2.24, 2.45) is 0 Å². The summed E-state index contributed by atoms with van der Waals surface area (Å²) in [4.78, 5) is 50.5. The summed E-state index contributed by atoms with van der Waals surface area (Å²) in [6.07, 6.45) is 0. The number of halogens is 1. The zero-order valence-corrected chi connectivity index (χ0v) is 18.9. The molecule has 0 bridgehead atoms. The predicted octanol–water partition coefficient (Wildman–Crippen LogP) is 3.37. The van der Waals surface area contributed by atoms with Gasteiger partial charge in [0.25, 0.3) is 5.91 Å². The number of imide groups is 1. The van der Waals surface area contributed by atoms with Crippen LogP contribution < -0.4 is 10.9 Å². The van der Waals surface area contributed by atoms with Gasteiger partial charge in [0.2, 0.25) is 0 Å². The van der Waals surface area contributed by atoms with Gasteiger partial charge in [-0.25, -0.2) is 9.59 Å². The van der Waals surface area contributed by atoms with Crippen LogP contribution in [0.25, 0.3) is 11.0 Å².